The predicted octanol–water partition coefficient (Wildman–Crippen LogP) is 7.43. The topological polar surface area (TPSA) is 25.8 Å². The van der Waals surface area contributed by atoms with Crippen LogP contribution in [-0.2, 0) is 27.5 Å². The van der Waals surface area contributed by atoms with E-state index in [9.17, 15) is 0 Å². The Balaban J connectivity index is 0.00000216. The summed E-state index contributed by atoms with van der Waals surface area (Å²) >= 11 is 3.46. The summed E-state index contributed by atoms with van der Waals surface area (Å²) in [4.78, 5) is 12.0. The van der Waals surface area contributed by atoms with Gasteiger partial charge in [-0.1, -0.05) is 48.5 Å². The van der Waals surface area contributed by atoms with Gasteiger partial charge in [-0.2, -0.15) is 0 Å². The van der Waals surface area contributed by atoms with Gasteiger partial charge in [0.05, 0.1) is 0 Å². The smallest absolute Gasteiger partial charge is 0.299 e. The molecule has 0 atom stereocenters. The average molecular weight is 628 g/mol. The third-order valence-corrected chi connectivity index (χ3v) is 7.32. The first kappa shape index (κ1) is 21.2. The molecule has 2 aromatic carbocycles. The van der Waals surface area contributed by atoms with E-state index in [0.29, 0.717) is 6.42 Å². The van der Waals surface area contributed by atoms with E-state index >= 15 is 0 Å². The molecule has 0 saturated heterocycles. The van der Waals surface area contributed by atoms with Crippen LogP contribution in [0.1, 0.15) is 11.4 Å². The van der Waals surface area contributed by atoms with Gasteiger partial charge in [0.2, 0.25) is 0 Å². The molecule has 156 valence electrons. The predicted molar refractivity (Wildman–Crippen MR) is 131 cm³/mol. The third kappa shape index (κ3) is 4.19. The molecule has 0 amide bonds. The summed E-state index contributed by atoms with van der Waals surface area (Å²) in [5.41, 5.74) is 3.95. The molecule has 5 heteroatoms. The summed E-state index contributed by atoms with van der Waals surface area (Å²) in [7, 11) is 0. The van der Waals surface area contributed by atoms with Crippen LogP contribution in [0.15, 0.2) is 84.9 Å². The van der Waals surface area contributed by atoms with Gasteiger partial charge in [-0.25, -0.2) is 22.7 Å². The van der Waals surface area contributed by atoms with Crippen molar-refractivity contribution >= 4 is 42.8 Å². The monoisotopic (exact) mass is 627 g/mol. The number of fused-ring (bicyclic) bond motifs is 2. The second-order valence-electron chi connectivity index (χ2n) is 7.31. The molecule has 0 bridgehead atoms. The van der Waals surface area contributed by atoms with Crippen LogP contribution < -0.4 is 0 Å². The second kappa shape index (κ2) is 9.07. The van der Waals surface area contributed by atoms with E-state index < -0.39 is 0 Å². The van der Waals surface area contributed by atoms with E-state index in [2.05, 4.69) is 84.9 Å². The van der Waals surface area contributed by atoms with Crippen molar-refractivity contribution in [2.75, 3.05) is 0 Å². The van der Waals surface area contributed by atoms with Crippen LogP contribution in [0.5, 0.6) is 0 Å². The molecule has 0 radical (unpaired) electrons. The fourth-order valence-corrected chi connectivity index (χ4v) is 5.61. The number of benzene rings is 2. The van der Waals surface area contributed by atoms with Crippen molar-refractivity contribution in [1.82, 2.24) is 9.97 Å². The summed E-state index contributed by atoms with van der Waals surface area (Å²) < 4.78 is 2.47. The van der Waals surface area contributed by atoms with Crippen LogP contribution in [0.4, 0.5) is 0 Å². The van der Waals surface area contributed by atoms with Gasteiger partial charge in [0.1, 0.15) is 0 Å². The Morgan fingerprint density at radius 3 is 1.50 bits per heavy atom. The van der Waals surface area contributed by atoms with Crippen LogP contribution in [0.3, 0.4) is 0 Å². The number of hydrogen-bond donors (Lipinski definition) is 0. The normalized spacial score (nSPS) is 11.0. The van der Waals surface area contributed by atoms with Crippen molar-refractivity contribution in [2.24, 2.45) is 0 Å². The summed E-state index contributed by atoms with van der Waals surface area (Å²) in [5.74, 6) is 0. The van der Waals surface area contributed by atoms with Crippen LogP contribution in [-0.4, -0.2) is 9.97 Å². The van der Waals surface area contributed by atoms with Gasteiger partial charge in [0.15, 0.2) is 0 Å². The molecule has 0 spiro atoms. The molecule has 0 aliphatic rings. The molecule has 4 aromatic heterocycles. The molecule has 0 aliphatic carbocycles. The molecule has 6 aromatic rings. The summed E-state index contributed by atoms with van der Waals surface area (Å²) in [6, 6.07) is 36.0. The van der Waals surface area contributed by atoms with Crippen LogP contribution in [0, 0.1) is 12.1 Å². The van der Waals surface area contributed by atoms with E-state index in [1.165, 1.54) is 9.40 Å². The third-order valence-electron chi connectivity index (χ3n) is 5.14. The Morgan fingerprint density at radius 2 is 1.03 bits per heavy atom. The minimum atomic E-state index is 0. The zero-order valence-corrected chi connectivity index (χ0v) is 20.7. The SMILES string of the molecule is [Pt+2].[c-]1c(-c2cccc(Cc3cccc(-c4[c-]c5ccccc5s4)n3)n2)sc2ccccc12. The minimum absolute atomic E-state index is 0. The summed E-state index contributed by atoms with van der Waals surface area (Å²) in [6.45, 7) is 0. The molecule has 2 nitrogen and oxygen atoms in total. The Hall–Kier alpha value is -2.65. The minimum Gasteiger partial charge on any atom is -0.299 e. The zero-order chi connectivity index (χ0) is 20.6. The first-order valence-electron chi connectivity index (χ1n) is 10.1. The van der Waals surface area contributed by atoms with E-state index in [-0.39, 0.29) is 21.1 Å². The zero-order valence-electron chi connectivity index (χ0n) is 16.8. The van der Waals surface area contributed by atoms with Crippen molar-refractivity contribution in [3.8, 4) is 21.1 Å². The van der Waals surface area contributed by atoms with Gasteiger partial charge in [-0.3, -0.25) is 9.97 Å². The van der Waals surface area contributed by atoms with Crippen LogP contribution >= 0.6 is 22.7 Å². The molecule has 0 saturated carbocycles. The number of thiophene rings is 2. The second-order valence-corrected chi connectivity index (χ2v) is 9.41. The maximum absolute atomic E-state index is 4.90. The summed E-state index contributed by atoms with van der Waals surface area (Å²) in [5, 5.41) is 2.28. The molecule has 0 unspecified atom stereocenters. The van der Waals surface area contributed by atoms with Crippen molar-refractivity contribution < 1.29 is 21.1 Å². The standard InChI is InChI=1S/C27H16N2S2.Pt/c1-3-13-24-18(7-1)15-26(30-24)22-11-5-9-20(28-22)17-21-10-6-12-23(29-21)27-16-19-8-2-4-14-25(19)31-27;/h1-14H,17H2;/q-2;+2. The van der Waals surface area contributed by atoms with Crippen molar-refractivity contribution in [3.05, 3.63) is 108 Å². The van der Waals surface area contributed by atoms with Crippen LogP contribution in [0.2, 0.25) is 0 Å². The number of hydrogen-bond acceptors (Lipinski definition) is 4. The van der Waals surface area contributed by atoms with Gasteiger partial charge < -0.3 is 0 Å². The first-order valence-corrected chi connectivity index (χ1v) is 11.7. The molecular formula is C27H16N2PtS2. The van der Waals surface area contributed by atoms with E-state index in [4.69, 9.17) is 9.97 Å². The molecule has 0 aliphatic heterocycles. The molecule has 6 rings (SSSR count). The van der Waals surface area contributed by atoms with E-state index in [0.717, 1.165) is 43.3 Å². The number of aromatic nitrogens is 2. The Morgan fingerprint density at radius 1 is 0.562 bits per heavy atom. The van der Waals surface area contributed by atoms with Gasteiger partial charge in [0, 0.05) is 29.2 Å². The average Bonchev–Trinajstić information content (AvgIpc) is 3.44. The van der Waals surface area contributed by atoms with Gasteiger partial charge in [-0.15, -0.1) is 47.2 Å². The first-order chi connectivity index (χ1) is 15.3. The molecule has 0 fully saturated rings. The van der Waals surface area contributed by atoms with Gasteiger partial charge in [-0.05, 0) is 31.3 Å². The fourth-order valence-electron chi connectivity index (χ4n) is 3.66. The Bertz CT molecular complexity index is 1350. The van der Waals surface area contributed by atoms with Gasteiger partial charge >= 0.3 is 21.1 Å². The van der Waals surface area contributed by atoms with Crippen molar-refractivity contribution in [2.45, 2.75) is 6.42 Å². The molecule has 32 heavy (non-hydrogen) atoms. The maximum atomic E-state index is 4.90. The van der Waals surface area contributed by atoms with E-state index in [1.54, 1.807) is 22.7 Å². The van der Waals surface area contributed by atoms with Gasteiger partial charge in [0.25, 0.3) is 0 Å². The number of rotatable bonds is 4. The molecule has 0 N–H and O–H groups in total. The quantitative estimate of drug-likeness (QED) is 0.190. The molecular weight excluding hydrogens is 612 g/mol. The number of nitrogens with zero attached hydrogens (tertiary/aromatic N) is 2. The Kier molecular flexibility index (Phi) is 6.01. The Labute approximate surface area is 208 Å². The van der Waals surface area contributed by atoms with Crippen molar-refractivity contribution in [3.63, 3.8) is 0 Å². The maximum Gasteiger partial charge on any atom is 2.00 e. The molecule has 4 heterocycles. The summed E-state index contributed by atoms with van der Waals surface area (Å²) in [6.07, 6.45) is 0.692. The van der Waals surface area contributed by atoms with Crippen LogP contribution in [0.25, 0.3) is 41.3 Å². The van der Waals surface area contributed by atoms with E-state index in [1.807, 2.05) is 12.1 Å². The number of pyridine rings is 2. The van der Waals surface area contributed by atoms with Crippen molar-refractivity contribution in [1.29, 1.82) is 0 Å². The fraction of sp³-hybridized carbons (Fsp3) is 0.0370. The largest absolute Gasteiger partial charge is 2.00 e.